The number of rotatable bonds is 7. The molecule has 2 aromatic heterocycles. The first-order chi connectivity index (χ1) is 27.0. The van der Waals surface area contributed by atoms with Crippen LogP contribution in [0.15, 0.2) is 24.3 Å². The van der Waals surface area contributed by atoms with Gasteiger partial charge in [-0.3, -0.25) is 4.90 Å². The first kappa shape index (κ1) is 37.2. The second kappa shape index (κ2) is 14.2. The Labute approximate surface area is 325 Å². The Morgan fingerprint density at radius 2 is 1.79 bits per heavy atom. The van der Waals surface area contributed by atoms with Gasteiger partial charge in [-0.2, -0.15) is 9.97 Å². The van der Waals surface area contributed by atoms with Gasteiger partial charge in [0.25, 0.3) is 0 Å². The van der Waals surface area contributed by atoms with E-state index in [4.69, 9.17) is 35.3 Å². The van der Waals surface area contributed by atoms with Crippen LogP contribution in [0.3, 0.4) is 0 Å². The van der Waals surface area contributed by atoms with Crippen molar-refractivity contribution in [2.24, 2.45) is 10.8 Å². The summed E-state index contributed by atoms with van der Waals surface area (Å²) in [6, 6.07) is 6.35. The molecule has 3 atom stereocenters. The summed E-state index contributed by atoms with van der Waals surface area (Å²) in [5, 5.41) is 22.8. The van der Waals surface area contributed by atoms with E-state index in [0.717, 1.165) is 51.9 Å². The molecule has 9 rings (SSSR count). The topological polar surface area (TPSA) is 123 Å². The minimum absolute atomic E-state index is 0.00184. The Morgan fingerprint density at radius 3 is 2.54 bits per heavy atom. The van der Waals surface area contributed by atoms with Crippen LogP contribution in [0.4, 0.5) is 14.6 Å². The third-order valence-electron chi connectivity index (χ3n) is 13.2. The van der Waals surface area contributed by atoms with E-state index >= 15 is 8.78 Å². The van der Waals surface area contributed by atoms with Gasteiger partial charge in [0.15, 0.2) is 5.82 Å². The monoisotopic (exact) mass is 769 g/mol. The molecule has 11 nitrogen and oxygen atoms in total. The summed E-state index contributed by atoms with van der Waals surface area (Å²) in [6.45, 7) is 5.81. The molecule has 5 heterocycles. The van der Waals surface area contributed by atoms with Gasteiger partial charge in [-0.05, 0) is 88.4 Å². The fraction of sp³-hybridized carbons (Fsp3) is 0.558. The van der Waals surface area contributed by atoms with Crippen LogP contribution in [-0.2, 0) is 9.47 Å². The summed E-state index contributed by atoms with van der Waals surface area (Å²) < 4.78 is 56.3. The van der Waals surface area contributed by atoms with Crippen LogP contribution >= 0.6 is 0 Å². The number of hydrogen-bond donors (Lipinski definition) is 2. The SMILES string of the molecule is C#Cc1c(F)ccc2cc(O)cc(-c3nc(OC)c4c(N5CCOC[C@@](C)(O)C5)nc(OC[C@]56CCC[C@H]5N(C5CCC7(CC5)COC7)CCC6)nc4c3F)c12. The number of terminal acetylenes is 1. The lowest BCUT2D eigenvalue weighted by Crippen LogP contribution is -2.57. The smallest absolute Gasteiger partial charge is 0.319 e. The van der Waals surface area contributed by atoms with E-state index in [1.165, 1.54) is 57.1 Å². The van der Waals surface area contributed by atoms with Crippen molar-refractivity contribution in [3.05, 3.63) is 41.5 Å². The van der Waals surface area contributed by atoms with E-state index in [9.17, 15) is 10.2 Å². The highest BCUT2D eigenvalue weighted by molar-refractivity contribution is 6.04. The van der Waals surface area contributed by atoms with Gasteiger partial charge in [0, 0.05) is 40.4 Å². The van der Waals surface area contributed by atoms with E-state index in [1.54, 1.807) is 6.92 Å². The van der Waals surface area contributed by atoms with E-state index in [1.807, 2.05) is 4.90 Å². The summed E-state index contributed by atoms with van der Waals surface area (Å²) in [5.41, 5.74) is -1.33. The number of phenolic OH excluding ortho intramolecular Hbond substituents is 1. The molecule has 296 valence electrons. The molecule has 5 aliphatic rings. The van der Waals surface area contributed by atoms with Gasteiger partial charge in [0.2, 0.25) is 5.88 Å². The molecule has 2 aliphatic carbocycles. The van der Waals surface area contributed by atoms with Crippen molar-refractivity contribution >= 4 is 27.5 Å². The molecule has 3 saturated heterocycles. The number of hydrogen-bond acceptors (Lipinski definition) is 11. The van der Waals surface area contributed by atoms with Crippen LogP contribution in [0.1, 0.15) is 70.3 Å². The number of aromatic hydroxyl groups is 1. The molecule has 0 bridgehead atoms. The minimum atomic E-state index is -1.24. The zero-order valence-corrected chi connectivity index (χ0v) is 32.1. The van der Waals surface area contributed by atoms with Crippen LogP contribution in [-0.4, -0.2) is 108 Å². The Morgan fingerprint density at radius 1 is 0.982 bits per heavy atom. The Bertz CT molecular complexity index is 2220. The maximum Gasteiger partial charge on any atom is 0.319 e. The molecule has 1 spiro atoms. The lowest BCUT2D eigenvalue weighted by atomic mass is 9.69. The molecule has 0 unspecified atom stereocenters. The van der Waals surface area contributed by atoms with Gasteiger partial charge in [0.05, 0.1) is 52.3 Å². The first-order valence-electron chi connectivity index (χ1n) is 19.9. The van der Waals surface area contributed by atoms with E-state index in [0.29, 0.717) is 42.6 Å². The quantitative estimate of drug-likeness (QED) is 0.204. The maximum absolute atomic E-state index is 17.4. The first-order valence-corrected chi connectivity index (χ1v) is 19.9. The van der Waals surface area contributed by atoms with E-state index in [-0.39, 0.29) is 75.1 Å². The Hall–Kier alpha value is -4.35. The van der Waals surface area contributed by atoms with E-state index in [2.05, 4.69) is 15.8 Å². The average molecular weight is 770 g/mol. The molecule has 2 saturated carbocycles. The Balaban J connectivity index is 1.13. The number of methoxy groups -OCH3 is 1. The highest BCUT2D eigenvalue weighted by Crippen LogP contribution is 2.52. The molecular formula is C43H49F2N5O6. The molecular weight excluding hydrogens is 720 g/mol. The number of β-amino-alcohol motifs (C(OH)–C–C–N with tert-alkyl or cyclic N) is 1. The summed E-state index contributed by atoms with van der Waals surface area (Å²) in [6.07, 6.45) is 16.0. The largest absolute Gasteiger partial charge is 0.508 e. The fourth-order valence-corrected chi connectivity index (χ4v) is 10.5. The maximum atomic E-state index is 17.4. The zero-order chi connectivity index (χ0) is 38.8. The highest BCUT2D eigenvalue weighted by atomic mass is 19.1. The van der Waals surface area contributed by atoms with Gasteiger partial charge in [-0.1, -0.05) is 18.4 Å². The summed E-state index contributed by atoms with van der Waals surface area (Å²) >= 11 is 0. The van der Waals surface area contributed by atoms with Crippen molar-refractivity contribution < 1.29 is 37.9 Å². The molecule has 0 amide bonds. The van der Waals surface area contributed by atoms with Crippen LogP contribution in [0.25, 0.3) is 32.9 Å². The normalized spacial score (nSPS) is 26.9. The number of likely N-dealkylation sites (tertiary alicyclic amines) is 1. The lowest BCUT2D eigenvalue weighted by Gasteiger charge is -2.53. The molecule has 4 aromatic rings. The number of nitrogens with zero attached hydrogens (tertiary/aromatic N) is 5. The number of phenols is 1. The van der Waals surface area contributed by atoms with Crippen LogP contribution in [0.5, 0.6) is 17.6 Å². The van der Waals surface area contributed by atoms with Crippen molar-refractivity contribution in [2.75, 3.05) is 64.7 Å². The summed E-state index contributed by atoms with van der Waals surface area (Å²) in [7, 11) is 1.41. The third-order valence-corrected chi connectivity index (χ3v) is 13.2. The van der Waals surface area contributed by atoms with Gasteiger partial charge >= 0.3 is 6.01 Å². The number of fused-ring (bicyclic) bond motifs is 3. The van der Waals surface area contributed by atoms with Gasteiger partial charge < -0.3 is 34.1 Å². The molecule has 56 heavy (non-hydrogen) atoms. The predicted molar refractivity (Wildman–Crippen MR) is 207 cm³/mol. The third kappa shape index (κ3) is 6.39. The van der Waals surface area contributed by atoms with E-state index < -0.39 is 17.2 Å². The van der Waals surface area contributed by atoms with Crippen molar-refractivity contribution in [2.45, 2.75) is 82.4 Å². The molecule has 2 N–H and O–H groups in total. The van der Waals surface area contributed by atoms with Crippen LogP contribution in [0.2, 0.25) is 0 Å². The van der Waals surface area contributed by atoms with Gasteiger partial charge in [0.1, 0.15) is 39.6 Å². The Kier molecular flexibility index (Phi) is 9.47. The van der Waals surface area contributed by atoms with Crippen molar-refractivity contribution in [3.8, 4) is 41.2 Å². The molecule has 0 radical (unpaired) electrons. The van der Waals surface area contributed by atoms with Crippen LogP contribution < -0.4 is 14.4 Å². The number of aromatic nitrogens is 3. The molecule has 13 heteroatoms. The molecule has 2 aromatic carbocycles. The predicted octanol–water partition coefficient (Wildman–Crippen LogP) is 6.38. The van der Waals surface area contributed by atoms with Crippen molar-refractivity contribution in [3.63, 3.8) is 0 Å². The summed E-state index contributed by atoms with van der Waals surface area (Å²) in [5.74, 6) is 0.976. The highest BCUT2D eigenvalue weighted by Gasteiger charge is 2.52. The van der Waals surface area contributed by atoms with Crippen LogP contribution in [0, 0.1) is 34.8 Å². The second-order valence-electron chi connectivity index (χ2n) is 17.1. The lowest BCUT2D eigenvalue weighted by molar-refractivity contribution is -0.143. The average Bonchev–Trinajstić information content (AvgIpc) is 3.53. The fourth-order valence-electron chi connectivity index (χ4n) is 10.5. The van der Waals surface area contributed by atoms with Crippen molar-refractivity contribution in [1.29, 1.82) is 0 Å². The van der Waals surface area contributed by atoms with Crippen molar-refractivity contribution in [1.82, 2.24) is 19.9 Å². The zero-order valence-electron chi connectivity index (χ0n) is 32.1. The minimum Gasteiger partial charge on any atom is -0.508 e. The molecule has 5 fully saturated rings. The number of benzene rings is 2. The standard InChI is InChI=1S/C43H49F2N5O6/c1-4-29-31(44)9-8-26-19-28(51)20-30(33(26)29)36-35(45)37-34(39(46-36)53-3)38(49-17-18-54-22-41(2,52)21-49)48-40(47-37)56-25-43-12-5-7-32(43)50(16-6-13-43)27-10-14-42(15-11-27)23-55-24-42/h1,8-9,19-20,27,32,51-52H,5-7,10-18,21-25H2,2-3H3/t32-,41+,43-/m1/s1. The number of ether oxygens (including phenoxy) is 4. The number of halogens is 2. The number of anilines is 1. The molecule has 3 aliphatic heterocycles. The number of aliphatic hydroxyl groups is 1. The number of piperidine rings is 1. The van der Waals surface area contributed by atoms with Gasteiger partial charge in [-0.25, -0.2) is 13.8 Å². The van der Waals surface area contributed by atoms with Gasteiger partial charge in [-0.15, -0.1) is 6.42 Å². The summed E-state index contributed by atoms with van der Waals surface area (Å²) in [4.78, 5) is 18.9. The number of pyridine rings is 1. The second-order valence-corrected chi connectivity index (χ2v) is 17.1.